The first kappa shape index (κ1) is 23.8. The largest absolute Gasteiger partial charge is 0.508 e. The molecule has 2 heterocycles. The van der Waals surface area contributed by atoms with Crippen LogP contribution in [-0.4, -0.2) is 75.9 Å². The molecule has 0 saturated carbocycles. The van der Waals surface area contributed by atoms with E-state index < -0.39 is 48.3 Å². The number of phenols is 2. The average molecular weight is 476 g/mol. The second-order valence-corrected chi connectivity index (χ2v) is 7.86. The van der Waals surface area contributed by atoms with Crippen molar-refractivity contribution in [2.24, 2.45) is 0 Å². The normalized spacial score (nSPS) is 24.8. The fraction of sp³-hybridized carbons (Fsp3) is 0.348. The molecule has 0 spiro atoms. The summed E-state index contributed by atoms with van der Waals surface area (Å²) in [6.45, 7) is -0.605. The summed E-state index contributed by atoms with van der Waals surface area (Å²) < 4.78 is 22.3. The minimum absolute atomic E-state index is 0.0454. The molecule has 0 amide bonds. The summed E-state index contributed by atoms with van der Waals surface area (Å²) in [4.78, 5) is 12.6. The lowest BCUT2D eigenvalue weighted by molar-refractivity contribution is -0.232. The van der Waals surface area contributed by atoms with E-state index >= 15 is 0 Å². The molecule has 6 N–H and O–H groups in total. The molecule has 11 nitrogen and oxygen atoms in total. The second-order valence-electron chi connectivity index (χ2n) is 7.86. The van der Waals surface area contributed by atoms with Gasteiger partial charge in [-0.05, 0) is 12.1 Å². The molecule has 1 saturated heterocycles. The Morgan fingerprint density at radius 1 is 0.912 bits per heavy atom. The van der Waals surface area contributed by atoms with E-state index in [2.05, 4.69) is 0 Å². The molecule has 1 aliphatic heterocycles. The Labute approximate surface area is 192 Å². The van der Waals surface area contributed by atoms with Crippen molar-refractivity contribution in [2.75, 3.05) is 20.8 Å². The monoisotopic (exact) mass is 476 g/mol. The number of ether oxygens (including phenoxy) is 3. The molecular weight excluding hydrogens is 452 g/mol. The van der Waals surface area contributed by atoms with E-state index in [9.17, 15) is 35.4 Å². The third-order valence-electron chi connectivity index (χ3n) is 5.80. The Balaban J connectivity index is 1.86. The van der Waals surface area contributed by atoms with Gasteiger partial charge in [-0.3, -0.25) is 4.79 Å². The lowest BCUT2D eigenvalue weighted by Gasteiger charge is -2.40. The molecule has 0 bridgehead atoms. The first-order valence-corrected chi connectivity index (χ1v) is 10.3. The van der Waals surface area contributed by atoms with E-state index in [-0.39, 0.29) is 39.5 Å². The molecule has 1 aromatic heterocycles. The zero-order chi connectivity index (χ0) is 24.7. The molecule has 4 rings (SSSR count). The third kappa shape index (κ3) is 3.93. The van der Waals surface area contributed by atoms with Crippen LogP contribution in [0.25, 0.3) is 22.3 Å². The number of hydrogen-bond donors (Lipinski definition) is 6. The topological polar surface area (TPSA) is 179 Å². The number of aliphatic hydroxyl groups excluding tert-OH is 4. The lowest BCUT2D eigenvalue weighted by atomic mass is 9.89. The summed E-state index contributed by atoms with van der Waals surface area (Å²) in [7, 11) is 2.69. The minimum Gasteiger partial charge on any atom is -0.508 e. The van der Waals surface area contributed by atoms with Gasteiger partial charge in [0.2, 0.25) is 0 Å². The molecule has 3 aromatic rings. The van der Waals surface area contributed by atoms with E-state index in [0.717, 1.165) is 12.1 Å². The first-order chi connectivity index (χ1) is 16.2. The molecule has 0 aliphatic carbocycles. The molecule has 182 valence electrons. The zero-order valence-corrected chi connectivity index (χ0v) is 18.2. The van der Waals surface area contributed by atoms with Crippen molar-refractivity contribution in [3.05, 3.63) is 46.1 Å². The Morgan fingerprint density at radius 3 is 2.15 bits per heavy atom. The van der Waals surface area contributed by atoms with Crippen molar-refractivity contribution in [1.29, 1.82) is 0 Å². The Kier molecular flexibility index (Phi) is 6.39. The van der Waals surface area contributed by atoms with Crippen molar-refractivity contribution >= 4 is 11.0 Å². The van der Waals surface area contributed by atoms with Crippen LogP contribution in [0.1, 0.15) is 11.7 Å². The van der Waals surface area contributed by atoms with Gasteiger partial charge in [-0.1, -0.05) is 0 Å². The maximum atomic E-state index is 12.6. The number of phenolic OH excluding ortho intramolecular Hbond substituents is 2. The highest BCUT2D eigenvalue weighted by atomic mass is 16.5. The average Bonchev–Trinajstić information content (AvgIpc) is 2.81. The summed E-state index contributed by atoms with van der Waals surface area (Å²) in [5.74, 6) is -0.373. The molecule has 2 unspecified atom stereocenters. The van der Waals surface area contributed by atoms with Gasteiger partial charge < -0.3 is 49.3 Å². The minimum atomic E-state index is -1.61. The van der Waals surface area contributed by atoms with Gasteiger partial charge >= 0.3 is 0 Å². The van der Waals surface area contributed by atoms with E-state index in [1.807, 2.05) is 0 Å². The maximum Gasteiger partial charge on any atom is 0.197 e. The van der Waals surface area contributed by atoms with Gasteiger partial charge in [0, 0.05) is 23.8 Å². The fourth-order valence-corrected chi connectivity index (χ4v) is 4.10. The van der Waals surface area contributed by atoms with Crippen molar-refractivity contribution < 1.29 is 49.3 Å². The smallest absolute Gasteiger partial charge is 0.197 e. The summed E-state index contributed by atoms with van der Waals surface area (Å²) in [6.07, 6.45) is -7.09. The number of aliphatic hydroxyl groups is 4. The van der Waals surface area contributed by atoms with E-state index in [0.29, 0.717) is 5.56 Å². The SMILES string of the molecule is COc1cc(-c2cc(=O)c3c(O)cc(O)cc3o2)cc(OC)c1[C@H]1OC(CO)[C@@H](O)C(O)[C@@H]1O. The summed E-state index contributed by atoms with van der Waals surface area (Å²) in [6, 6.07) is 6.33. The van der Waals surface area contributed by atoms with Crippen LogP contribution in [-0.2, 0) is 4.74 Å². The number of benzene rings is 2. The quantitative estimate of drug-likeness (QED) is 0.300. The second kappa shape index (κ2) is 9.12. The molecular formula is C23H24O11. The van der Waals surface area contributed by atoms with Crippen LogP contribution in [0.5, 0.6) is 23.0 Å². The van der Waals surface area contributed by atoms with Crippen LogP contribution in [0, 0.1) is 0 Å². The van der Waals surface area contributed by atoms with Gasteiger partial charge in [-0.15, -0.1) is 0 Å². The van der Waals surface area contributed by atoms with Crippen LogP contribution in [0.4, 0.5) is 0 Å². The van der Waals surface area contributed by atoms with Crippen molar-refractivity contribution in [2.45, 2.75) is 30.5 Å². The first-order valence-electron chi connectivity index (χ1n) is 10.3. The molecule has 34 heavy (non-hydrogen) atoms. The van der Waals surface area contributed by atoms with Crippen molar-refractivity contribution in [3.8, 4) is 34.3 Å². The van der Waals surface area contributed by atoms with Crippen molar-refractivity contribution in [3.63, 3.8) is 0 Å². The molecule has 0 radical (unpaired) electrons. The highest BCUT2D eigenvalue weighted by Crippen LogP contribution is 2.44. The predicted octanol–water partition coefficient (Wildman–Crippen LogP) is 0.403. The number of hydrogen-bond acceptors (Lipinski definition) is 11. The highest BCUT2D eigenvalue weighted by molar-refractivity contribution is 5.86. The van der Waals surface area contributed by atoms with Crippen LogP contribution in [0.3, 0.4) is 0 Å². The van der Waals surface area contributed by atoms with E-state index in [4.69, 9.17) is 18.6 Å². The maximum absolute atomic E-state index is 12.6. The molecule has 1 fully saturated rings. The van der Waals surface area contributed by atoms with Crippen LogP contribution in [0.2, 0.25) is 0 Å². The number of methoxy groups -OCH3 is 2. The summed E-state index contributed by atoms with van der Waals surface area (Å²) in [5.41, 5.74) is -0.0754. The van der Waals surface area contributed by atoms with Gasteiger partial charge in [-0.2, -0.15) is 0 Å². The van der Waals surface area contributed by atoms with E-state index in [1.54, 1.807) is 0 Å². The Morgan fingerprint density at radius 2 is 1.56 bits per heavy atom. The number of aromatic hydroxyl groups is 2. The number of fused-ring (bicyclic) bond motifs is 1. The van der Waals surface area contributed by atoms with Crippen LogP contribution >= 0.6 is 0 Å². The zero-order valence-electron chi connectivity index (χ0n) is 18.2. The lowest BCUT2D eigenvalue weighted by Crippen LogP contribution is -2.55. The summed E-state index contributed by atoms with van der Waals surface area (Å²) in [5, 5.41) is 60.0. The van der Waals surface area contributed by atoms with Gasteiger partial charge in [-0.25, -0.2) is 0 Å². The van der Waals surface area contributed by atoms with Gasteiger partial charge in [0.25, 0.3) is 0 Å². The fourth-order valence-electron chi connectivity index (χ4n) is 4.10. The van der Waals surface area contributed by atoms with Crippen LogP contribution < -0.4 is 14.9 Å². The Bertz CT molecular complexity index is 1240. The van der Waals surface area contributed by atoms with Gasteiger partial charge in [0.1, 0.15) is 70.2 Å². The van der Waals surface area contributed by atoms with Crippen LogP contribution in [0.15, 0.2) is 39.5 Å². The molecule has 1 aliphatic rings. The van der Waals surface area contributed by atoms with Crippen molar-refractivity contribution in [1.82, 2.24) is 0 Å². The Hall–Kier alpha value is -3.35. The number of rotatable bonds is 5. The van der Waals surface area contributed by atoms with Gasteiger partial charge in [0.05, 0.1) is 26.4 Å². The van der Waals surface area contributed by atoms with Gasteiger partial charge in [0.15, 0.2) is 5.43 Å². The molecule has 2 aromatic carbocycles. The van der Waals surface area contributed by atoms with E-state index in [1.165, 1.54) is 32.4 Å². The molecule has 11 heteroatoms. The highest BCUT2D eigenvalue weighted by Gasteiger charge is 2.46. The molecule has 5 atom stereocenters. The summed E-state index contributed by atoms with van der Waals surface area (Å²) >= 11 is 0. The predicted molar refractivity (Wildman–Crippen MR) is 117 cm³/mol. The standard InChI is InChI=1S/C23H24O11/c1-31-14-3-9(13-7-12(27)18-11(26)5-10(25)6-16(18)33-13)4-15(32-2)19(14)23-22(30)21(29)20(28)17(8-24)34-23/h3-7,17,20-26,28-30H,8H2,1-2H3/t17?,20-,21?,22+,23-/m1/s1. The third-order valence-corrected chi connectivity index (χ3v) is 5.80.